The second kappa shape index (κ2) is 5.31. The second-order valence-electron chi connectivity index (χ2n) is 5.95. The first-order valence-corrected chi connectivity index (χ1v) is 6.22. The first kappa shape index (κ1) is 15.7. The summed E-state index contributed by atoms with van der Waals surface area (Å²) in [7, 11) is 0. The van der Waals surface area contributed by atoms with Crippen LogP contribution in [0.3, 0.4) is 0 Å². The van der Waals surface area contributed by atoms with Gasteiger partial charge in [-0.1, -0.05) is 27.7 Å². The van der Waals surface area contributed by atoms with Crippen LogP contribution in [0.15, 0.2) is 18.2 Å². The average Bonchev–Trinajstić information content (AvgIpc) is 2.24. The number of hydrogen-bond acceptors (Lipinski definition) is 2. The Labute approximate surface area is 112 Å². The summed E-state index contributed by atoms with van der Waals surface area (Å²) in [4.78, 5) is 0. The summed E-state index contributed by atoms with van der Waals surface area (Å²) >= 11 is 0. The third-order valence-corrected chi connectivity index (χ3v) is 3.46. The van der Waals surface area contributed by atoms with E-state index >= 15 is 0 Å². The van der Waals surface area contributed by atoms with E-state index in [0.29, 0.717) is 18.2 Å². The van der Waals surface area contributed by atoms with Gasteiger partial charge in [0.15, 0.2) is 0 Å². The maximum Gasteiger partial charge on any atom is 0.416 e. The van der Waals surface area contributed by atoms with E-state index in [0.717, 1.165) is 12.1 Å². The van der Waals surface area contributed by atoms with Gasteiger partial charge >= 0.3 is 6.18 Å². The Balaban J connectivity index is 2.77. The van der Waals surface area contributed by atoms with Crippen LogP contribution in [0.1, 0.15) is 33.3 Å². The molecule has 1 aromatic rings. The minimum Gasteiger partial charge on any atom is -0.397 e. The molecule has 0 aliphatic rings. The average molecular weight is 274 g/mol. The standard InChI is InChI=1S/C14H21F3N2/c1-9(13(2,3)4)8-19-12-6-5-10(7-11(12)18)14(15,16)17/h5-7,9,19H,8,18H2,1-4H3. The number of halogens is 3. The van der Waals surface area contributed by atoms with E-state index in [4.69, 9.17) is 5.73 Å². The molecule has 2 nitrogen and oxygen atoms in total. The summed E-state index contributed by atoms with van der Waals surface area (Å²) in [5.74, 6) is 0.370. The number of nitrogens with two attached hydrogens (primary N) is 1. The van der Waals surface area contributed by atoms with E-state index in [2.05, 4.69) is 33.0 Å². The van der Waals surface area contributed by atoms with Crippen LogP contribution in [0, 0.1) is 11.3 Å². The summed E-state index contributed by atoms with van der Waals surface area (Å²) in [5.41, 5.74) is 5.73. The molecule has 1 atom stereocenters. The fraction of sp³-hybridized carbons (Fsp3) is 0.571. The summed E-state index contributed by atoms with van der Waals surface area (Å²) < 4.78 is 37.5. The van der Waals surface area contributed by atoms with Crippen molar-refractivity contribution in [2.75, 3.05) is 17.6 Å². The Morgan fingerprint density at radius 2 is 1.79 bits per heavy atom. The molecule has 19 heavy (non-hydrogen) atoms. The van der Waals surface area contributed by atoms with Gasteiger partial charge in [-0.25, -0.2) is 0 Å². The number of hydrogen-bond donors (Lipinski definition) is 2. The molecule has 1 aromatic carbocycles. The molecule has 0 amide bonds. The van der Waals surface area contributed by atoms with Crippen LogP contribution < -0.4 is 11.1 Å². The Morgan fingerprint density at radius 3 is 2.21 bits per heavy atom. The molecule has 0 aliphatic carbocycles. The van der Waals surface area contributed by atoms with Crippen molar-refractivity contribution in [1.29, 1.82) is 0 Å². The highest BCUT2D eigenvalue weighted by atomic mass is 19.4. The van der Waals surface area contributed by atoms with Gasteiger partial charge in [0.1, 0.15) is 0 Å². The first-order chi connectivity index (χ1) is 8.51. The Bertz CT molecular complexity index is 433. The van der Waals surface area contributed by atoms with Crippen LogP contribution in [0.4, 0.5) is 24.5 Å². The van der Waals surface area contributed by atoms with Crippen molar-refractivity contribution >= 4 is 11.4 Å². The summed E-state index contributed by atoms with van der Waals surface area (Å²) in [6.45, 7) is 9.12. The molecule has 0 heterocycles. The van der Waals surface area contributed by atoms with Gasteiger partial charge in [-0.05, 0) is 29.5 Å². The zero-order valence-corrected chi connectivity index (χ0v) is 11.7. The third-order valence-electron chi connectivity index (χ3n) is 3.46. The molecule has 1 rings (SSSR count). The van der Waals surface area contributed by atoms with Gasteiger partial charge in [0.05, 0.1) is 16.9 Å². The lowest BCUT2D eigenvalue weighted by atomic mass is 9.82. The van der Waals surface area contributed by atoms with Gasteiger partial charge in [-0.2, -0.15) is 13.2 Å². The van der Waals surface area contributed by atoms with Gasteiger partial charge in [0.2, 0.25) is 0 Å². The highest BCUT2D eigenvalue weighted by molar-refractivity contribution is 5.67. The highest BCUT2D eigenvalue weighted by Crippen LogP contribution is 2.33. The topological polar surface area (TPSA) is 38.0 Å². The Hall–Kier alpha value is -1.39. The van der Waals surface area contributed by atoms with Crippen molar-refractivity contribution < 1.29 is 13.2 Å². The van der Waals surface area contributed by atoms with E-state index in [9.17, 15) is 13.2 Å². The molecule has 0 radical (unpaired) electrons. The smallest absolute Gasteiger partial charge is 0.397 e. The van der Waals surface area contributed by atoms with Gasteiger partial charge in [-0.15, -0.1) is 0 Å². The zero-order chi connectivity index (χ0) is 14.8. The lowest BCUT2D eigenvalue weighted by Crippen LogP contribution is -2.25. The summed E-state index contributed by atoms with van der Waals surface area (Å²) in [6, 6.07) is 3.39. The number of rotatable bonds is 3. The molecule has 3 N–H and O–H groups in total. The molecule has 0 aromatic heterocycles. The molecule has 0 aliphatic heterocycles. The first-order valence-electron chi connectivity index (χ1n) is 6.22. The molecule has 0 fully saturated rings. The molecule has 0 saturated carbocycles. The lowest BCUT2D eigenvalue weighted by Gasteiger charge is -2.28. The summed E-state index contributed by atoms with van der Waals surface area (Å²) in [5, 5.41) is 3.11. The van der Waals surface area contributed by atoms with E-state index in [1.54, 1.807) is 0 Å². The third kappa shape index (κ3) is 4.33. The van der Waals surface area contributed by atoms with Gasteiger partial charge in [0, 0.05) is 6.54 Å². The molecule has 1 unspecified atom stereocenters. The number of alkyl halides is 3. The van der Waals surface area contributed by atoms with E-state index in [1.807, 2.05) is 0 Å². The minimum atomic E-state index is -4.36. The normalized spacial score (nSPS) is 14.3. The molecule has 108 valence electrons. The monoisotopic (exact) mass is 274 g/mol. The quantitative estimate of drug-likeness (QED) is 0.803. The zero-order valence-electron chi connectivity index (χ0n) is 11.7. The van der Waals surface area contributed by atoms with Crippen molar-refractivity contribution in [3.63, 3.8) is 0 Å². The maximum absolute atomic E-state index is 12.5. The fourth-order valence-electron chi connectivity index (χ4n) is 1.47. The van der Waals surface area contributed by atoms with E-state index in [-0.39, 0.29) is 11.1 Å². The van der Waals surface area contributed by atoms with Crippen molar-refractivity contribution in [1.82, 2.24) is 0 Å². The molecule has 5 heteroatoms. The lowest BCUT2D eigenvalue weighted by molar-refractivity contribution is -0.137. The Kier molecular flexibility index (Phi) is 4.38. The second-order valence-corrected chi connectivity index (χ2v) is 5.95. The van der Waals surface area contributed by atoms with Crippen LogP contribution in [-0.2, 0) is 6.18 Å². The SMILES string of the molecule is CC(CNc1ccc(C(F)(F)F)cc1N)C(C)(C)C. The minimum absolute atomic E-state index is 0.121. The molecule has 0 spiro atoms. The van der Waals surface area contributed by atoms with Crippen LogP contribution in [-0.4, -0.2) is 6.54 Å². The number of anilines is 2. The van der Waals surface area contributed by atoms with Crippen LogP contribution in [0.5, 0.6) is 0 Å². The van der Waals surface area contributed by atoms with Crippen molar-refractivity contribution in [3.8, 4) is 0 Å². The molecular weight excluding hydrogens is 253 g/mol. The molecule has 0 saturated heterocycles. The Morgan fingerprint density at radius 1 is 1.21 bits per heavy atom. The summed E-state index contributed by atoms with van der Waals surface area (Å²) in [6.07, 6.45) is -4.36. The van der Waals surface area contributed by atoms with Crippen molar-refractivity contribution in [3.05, 3.63) is 23.8 Å². The fourth-order valence-corrected chi connectivity index (χ4v) is 1.47. The molecule has 0 bridgehead atoms. The number of nitrogens with one attached hydrogen (secondary N) is 1. The van der Waals surface area contributed by atoms with E-state index in [1.165, 1.54) is 6.07 Å². The number of benzene rings is 1. The largest absolute Gasteiger partial charge is 0.416 e. The van der Waals surface area contributed by atoms with Crippen molar-refractivity contribution in [2.24, 2.45) is 11.3 Å². The van der Waals surface area contributed by atoms with Gasteiger partial charge < -0.3 is 11.1 Å². The van der Waals surface area contributed by atoms with Crippen molar-refractivity contribution in [2.45, 2.75) is 33.9 Å². The van der Waals surface area contributed by atoms with Crippen LogP contribution in [0.2, 0.25) is 0 Å². The van der Waals surface area contributed by atoms with Crippen LogP contribution in [0.25, 0.3) is 0 Å². The maximum atomic E-state index is 12.5. The van der Waals surface area contributed by atoms with E-state index < -0.39 is 11.7 Å². The predicted molar refractivity (Wildman–Crippen MR) is 73.0 cm³/mol. The predicted octanol–water partition coefficient (Wildman–Crippen LogP) is 4.38. The highest BCUT2D eigenvalue weighted by Gasteiger charge is 2.30. The number of nitrogen functional groups attached to an aromatic ring is 1. The molecular formula is C14H21F3N2. The van der Waals surface area contributed by atoms with Gasteiger partial charge in [-0.3, -0.25) is 0 Å². The van der Waals surface area contributed by atoms with Crippen LogP contribution >= 0.6 is 0 Å². The van der Waals surface area contributed by atoms with Gasteiger partial charge in [0.25, 0.3) is 0 Å².